The Morgan fingerprint density at radius 3 is 2.68 bits per heavy atom. The van der Waals surface area contributed by atoms with Crippen LogP contribution in [-0.2, 0) is 13.2 Å². The highest BCUT2D eigenvalue weighted by atomic mass is 32.2. The fourth-order valence-electron chi connectivity index (χ4n) is 1.62. The average molecular weight is 332 g/mol. The summed E-state index contributed by atoms with van der Waals surface area (Å²) in [6.45, 7) is -0.484. The van der Waals surface area contributed by atoms with E-state index in [-0.39, 0.29) is 34.8 Å². The van der Waals surface area contributed by atoms with Gasteiger partial charge in [0.25, 0.3) is 0 Å². The van der Waals surface area contributed by atoms with E-state index in [1.807, 2.05) is 0 Å². The molecular formula is C14H11F3O4S. The number of thioether (sulfide) groups is 1. The van der Waals surface area contributed by atoms with E-state index in [9.17, 15) is 18.0 Å². The maximum atomic E-state index is 12.3. The molecule has 0 unspecified atom stereocenters. The van der Waals surface area contributed by atoms with E-state index in [2.05, 4.69) is 0 Å². The molecule has 1 N–H and O–H groups in total. The molecule has 2 rings (SSSR count). The molecule has 1 heterocycles. The molecule has 2 aromatic rings. The van der Waals surface area contributed by atoms with Gasteiger partial charge in [0.05, 0.1) is 0 Å². The highest BCUT2D eigenvalue weighted by molar-refractivity contribution is 8.00. The zero-order chi connectivity index (χ0) is 16.2. The maximum absolute atomic E-state index is 12.3. The Morgan fingerprint density at radius 1 is 1.27 bits per heavy atom. The van der Waals surface area contributed by atoms with Gasteiger partial charge in [0.1, 0.15) is 25.2 Å². The zero-order valence-electron chi connectivity index (χ0n) is 11.1. The molecule has 118 valence electrons. The molecule has 0 fully saturated rings. The van der Waals surface area contributed by atoms with Crippen molar-refractivity contribution in [1.82, 2.24) is 0 Å². The van der Waals surface area contributed by atoms with Crippen LogP contribution in [-0.4, -0.2) is 10.6 Å². The number of alkyl halides is 3. The number of halogens is 3. The molecule has 0 bridgehead atoms. The monoisotopic (exact) mass is 332 g/mol. The van der Waals surface area contributed by atoms with Gasteiger partial charge in [-0.25, -0.2) is 0 Å². The summed E-state index contributed by atoms with van der Waals surface area (Å²) in [5, 5.41) is 8.82. The highest BCUT2D eigenvalue weighted by Crippen LogP contribution is 2.36. The van der Waals surface area contributed by atoms with Crippen molar-refractivity contribution in [2.24, 2.45) is 0 Å². The fourth-order valence-corrected chi connectivity index (χ4v) is 2.24. The Kier molecular flexibility index (Phi) is 5.15. The molecule has 1 aromatic carbocycles. The van der Waals surface area contributed by atoms with E-state index in [1.165, 1.54) is 18.2 Å². The van der Waals surface area contributed by atoms with Crippen molar-refractivity contribution in [1.29, 1.82) is 0 Å². The van der Waals surface area contributed by atoms with Crippen LogP contribution in [0.15, 0.2) is 50.7 Å². The van der Waals surface area contributed by atoms with Gasteiger partial charge in [0.2, 0.25) is 11.2 Å². The maximum Gasteiger partial charge on any atom is 0.446 e. The van der Waals surface area contributed by atoms with Crippen LogP contribution in [0.3, 0.4) is 0 Å². The summed E-state index contributed by atoms with van der Waals surface area (Å²) >= 11 is -0.219. The Hall–Kier alpha value is -1.93. The molecule has 0 aliphatic carbocycles. The van der Waals surface area contributed by atoms with Gasteiger partial charge in [-0.2, -0.15) is 13.2 Å². The summed E-state index contributed by atoms with van der Waals surface area (Å²) in [6, 6.07) is 6.83. The molecule has 0 saturated heterocycles. The topological polar surface area (TPSA) is 59.7 Å². The molecule has 0 aliphatic heterocycles. The van der Waals surface area contributed by atoms with Crippen LogP contribution in [0.5, 0.6) is 5.75 Å². The summed E-state index contributed by atoms with van der Waals surface area (Å²) in [5.74, 6) is 0.0204. The Morgan fingerprint density at radius 2 is 2.05 bits per heavy atom. The van der Waals surface area contributed by atoms with Gasteiger partial charge in [-0.15, -0.1) is 0 Å². The van der Waals surface area contributed by atoms with E-state index in [4.69, 9.17) is 14.3 Å². The second kappa shape index (κ2) is 6.89. The molecule has 0 aliphatic rings. The average Bonchev–Trinajstić information content (AvgIpc) is 2.44. The van der Waals surface area contributed by atoms with Crippen molar-refractivity contribution in [3.05, 3.63) is 58.1 Å². The minimum Gasteiger partial charge on any atom is -0.482 e. The summed E-state index contributed by atoms with van der Waals surface area (Å²) in [5.41, 5.74) is -4.35. The largest absolute Gasteiger partial charge is 0.482 e. The smallest absolute Gasteiger partial charge is 0.446 e. The van der Waals surface area contributed by atoms with Crippen molar-refractivity contribution in [2.75, 3.05) is 0 Å². The van der Waals surface area contributed by atoms with Crippen molar-refractivity contribution in [3.8, 4) is 5.75 Å². The first-order chi connectivity index (χ1) is 10.4. The number of rotatable bonds is 5. The minimum atomic E-state index is -4.36. The van der Waals surface area contributed by atoms with Crippen LogP contribution in [0, 0.1) is 0 Å². The van der Waals surface area contributed by atoms with Crippen LogP contribution >= 0.6 is 11.8 Å². The zero-order valence-corrected chi connectivity index (χ0v) is 11.9. The second-order valence-corrected chi connectivity index (χ2v) is 5.36. The SMILES string of the molecule is O=c1cc(CO)occ1OCc1cccc(SC(F)(F)F)c1. The summed E-state index contributed by atoms with van der Waals surface area (Å²) < 4.78 is 47.1. The quantitative estimate of drug-likeness (QED) is 0.851. The molecule has 22 heavy (non-hydrogen) atoms. The van der Waals surface area contributed by atoms with Gasteiger partial charge in [-0.05, 0) is 29.5 Å². The van der Waals surface area contributed by atoms with E-state index in [0.717, 1.165) is 12.3 Å². The number of hydrogen-bond donors (Lipinski definition) is 1. The predicted octanol–water partition coefficient (Wildman–Crippen LogP) is 3.32. The van der Waals surface area contributed by atoms with Crippen LogP contribution in [0.25, 0.3) is 0 Å². The lowest BCUT2D eigenvalue weighted by Gasteiger charge is -2.08. The molecule has 0 atom stereocenters. The lowest BCUT2D eigenvalue weighted by atomic mass is 10.2. The molecule has 4 nitrogen and oxygen atoms in total. The third-order valence-electron chi connectivity index (χ3n) is 2.53. The summed E-state index contributed by atoms with van der Waals surface area (Å²) in [6.07, 6.45) is 1.06. The van der Waals surface area contributed by atoms with Gasteiger partial charge in [-0.1, -0.05) is 12.1 Å². The number of aliphatic hydroxyl groups is 1. The van der Waals surface area contributed by atoms with Gasteiger partial charge >= 0.3 is 5.51 Å². The van der Waals surface area contributed by atoms with E-state index in [0.29, 0.717) is 5.56 Å². The molecule has 0 radical (unpaired) electrons. The third kappa shape index (κ3) is 4.81. The van der Waals surface area contributed by atoms with Crippen molar-refractivity contribution < 1.29 is 27.4 Å². The van der Waals surface area contributed by atoms with Crippen LogP contribution in [0.4, 0.5) is 13.2 Å². The Balaban J connectivity index is 2.06. The first-order valence-corrected chi connectivity index (χ1v) is 6.89. The van der Waals surface area contributed by atoms with Crippen molar-refractivity contribution in [3.63, 3.8) is 0 Å². The van der Waals surface area contributed by atoms with E-state index in [1.54, 1.807) is 6.07 Å². The van der Waals surface area contributed by atoms with Gasteiger partial charge in [-0.3, -0.25) is 4.79 Å². The minimum absolute atomic E-state index is 0.0382. The lowest BCUT2D eigenvalue weighted by Crippen LogP contribution is -2.08. The molecule has 0 amide bonds. The Labute approximate surface area is 127 Å². The molecule has 0 saturated carbocycles. The standard InChI is InChI=1S/C14H11F3O4S/c15-14(16,17)22-11-3-1-2-9(4-11)7-21-13-8-20-10(6-18)5-12(13)19/h1-5,8,18H,6-7H2. The molecule has 8 heteroatoms. The van der Waals surface area contributed by atoms with Gasteiger partial charge < -0.3 is 14.3 Å². The highest BCUT2D eigenvalue weighted by Gasteiger charge is 2.29. The Bertz CT molecular complexity index is 697. The first-order valence-electron chi connectivity index (χ1n) is 6.07. The van der Waals surface area contributed by atoms with Crippen LogP contribution in [0.1, 0.15) is 11.3 Å². The fraction of sp³-hybridized carbons (Fsp3) is 0.214. The third-order valence-corrected chi connectivity index (χ3v) is 3.26. The van der Waals surface area contributed by atoms with Crippen molar-refractivity contribution in [2.45, 2.75) is 23.6 Å². The van der Waals surface area contributed by atoms with Crippen LogP contribution < -0.4 is 10.2 Å². The number of aliphatic hydroxyl groups excluding tert-OH is 1. The first kappa shape index (κ1) is 16.4. The second-order valence-electron chi connectivity index (χ2n) is 4.22. The number of ether oxygens (including phenoxy) is 1. The predicted molar refractivity (Wildman–Crippen MR) is 73.6 cm³/mol. The molecule has 0 spiro atoms. The van der Waals surface area contributed by atoms with Crippen molar-refractivity contribution >= 4 is 11.8 Å². The van der Waals surface area contributed by atoms with Gasteiger partial charge in [0, 0.05) is 11.0 Å². The van der Waals surface area contributed by atoms with E-state index >= 15 is 0 Å². The normalized spacial score (nSPS) is 11.5. The number of hydrogen-bond acceptors (Lipinski definition) is 5. The number of benzene rings is 1. The summed E-state index contributed by atoms with van der Waals surface area (Å²) in [4.78, 5) is 11.7. The molecular weight excluding hydrogens is 321 g/mol. The van der Waals surface area contributed by atoms with Gasteiger partial charge in [0.15, 0.2) is 0 Å². The van der Waals surface area contributed by atoms with Crippen LogP contribution in [0.2, 0.25) is 0 Å². The summed E-state index contributed by atoms with van der Waals surface area (Å²) in [7, 11) is 0. The lowest BCUT2D eigenvalue weighted by molar-refractivity contribution is -0.0328. The molecule has 1 aromatic heterocycles. The van der Waals surface area contributed by atoms with E-state index < -0.39 is 17.5 Å².